The van der Waals surface area contributed by atoms with Gasteiger partial charge in [-0.2, -0.15) is 0 Å². The molecule has 0 unspecified atom stereocenters. The molecular formula is C29H23F2N3O2. The van der Waals surface area contributed by atoms with Gasteiger partial charge in [0.2, 0.25) is 0 Å². The van der Waals surface area contributed by atoms with E-state index in [1.165, 1.54) is 12.1 Å². The normalized spacial score (nSPS) is 11.2. The summed E-state index contributed by atoms with van der Waals surface area (Å²) in [7, 11) is 0. The number of imidazole rings is 1. The highest BCUT2D eigenvalue weighted by Crippen LogP contribution is 2.28. The molecule has 0 bridgehead atoms. The Balaban J connectivity index is 1.31. The highest BCUT2D eigenvalue weighted by Gasteiger charge is 2.17. The van der Waals surface area contributed by atoms with Crippen LogP contribution in [0.2, 0.25) is 0 Å². The lowest BCUT2D eigenvalue weighted by Gasteiger charge is -2.10. The number of nitrogens with zero attached hydrogens (tertiary/aromatic N) is 3. The Morgan fingerprint density at radius 2 is 1.56 bits per heavy atom. The Labute approximate surface area is 207 Å². The number of hydrogen-bond acceptors (Lipinski definition) is 4. The summed E-state index contributed by atoms with van der Waals surface area (Å²) in [4.78, 5) is 20.8. The van der Waals surface area contributed by atoms with Crippen molar-refractivity contribution in [2.45, 2.75) is 26.5 Å². The molecule has 0 atom stereocenters. The van der Waals surface area contributed by atoms with Crippen molar-refractivity contribution < 1.29 is 18.3 Å². The van der Waals surface area contributed by atoms with Crippen LogP contribution >= 0.6 is 0 Å². The fourth-order valence-corrected chi connectivity index (χ4v) is 3.94. The molecule has 0 N–H and O–H groups in total. The molecule has 0 saturated carbocycles. The third-order valence-electron chi connectivity index (χ3n) is 5.74. The van der Waals surface area contributed by atoms with Crippen LogP contribution in [0.3, 0.4) is 0 Å². The van der Waals surface area contributed by atoms with E-state index in [1.54, 1.807) is 12.1 Å². The van der Waals surface area contributed by atoms with E-state index in [1.807, 2.05) is 73.3 Å². The summed E-state index contributed by atoms with van der Waals surface area (Å²) >= 11 is 0. The lowest BCUT2D eigenvalue weighted by Crippen LogP contribution is -2.11. The minimum atomic E-state index is -0.953. The molecule has 3 aromatic carbocycles. The standard InChI is InChI=1S/C29H23F2N3O2/c1-18(2)36-29(35)22-12-10-21(11-13-22)20-8-6-19(7-9-20)16-34-15-14-25-26(17-34)33-28(32-25)23-4-3-5-24(30)27(23)31/h3-15,17-18H,16H2,1-2H3. The number of esters is 1. The monoisotopic (exact) mass is 483 g/mol. The zero-order chi connectivity index (χ0) is 25.2. The molecular weight excluding hydrogens is 460 g/mol. The van der Waals surface area contributed by atoms with Crippen LogP contribution < -0.4 is 0 Å². The number of benzene rings is 3. The molecule has 2 aliphatic rings. The van der Waals surface area contributed by atoms with E-state index in [0.29, 0.717) is 23.5 Å². The third kappa shape index (κ3) is 4.86. The molecule has 0 radical (unpaired) electrons. The topological polar surface area (TPSA) is 57.0 Å². The Bertz CT molecular complexity index is 1490. The van der Waals surface area contributed by atoms with E-state index in [0.717, 1.165) is 22.8 Å². The molecule has 2 heterocycles. The molecule has 3 aromatic rings. The van der Waals surface area contributed by atoms with E-state index in [2.05, 4.69) is 9.97 Å². The fourth-order valence-electron chi connectivity index (χ4n) is 3.94. The average Bonchev–Trinajstić information content (AvgIpc) is 3.29. The first-order valence-electron chi connectivity index (χ1n) is 11.6. The van der Waals surface area contributed by atoms with Crippen molar-refractivity contribution >= 4 is 5.97 Å². The molecule has 0 aliphatic carbocycles. The van der Waals surface area contributed by atoms with Crippen molar-refractivity contribution in [1.82, 2.24) is 14.5 Å². The summed E-state index contributed by atoms with van der Waals surface area (Å²) in [6, 6.07) is 21.3. The van der Waals surface area contributed by atoms with Crippen LogP contribution in [0.5, 0.6) is 0 Å². The number of halogens is 2. The number of carbonyl (C=O) groups excluding carboxylic acids is 1. The summed E-state index contributed by atoms with van der Waals surface area (Å²) in [5.74, 6) is -2.05. The zero-order valence-corrected chi connectivity index (χ0v) is 19.8. The predicted octanol–water partition coefficient (Wildman–Crippen LogP) is 6.61. The van der Waals surface area contributed by atoms with Gasteiger partial charge in [0.25, 0.3) is 0 Å². The van der Waals surface area contributed by atoms with Crippen molar-refractivity contribution in [3.05, 3.63) is 108 Å². The number of carbonyl (C=O) groups is 1. The number of ether oxygens (including phenoxy) is 1. The molecule has 180 valence electrons. The van der Waals surface area contributed by atoms with Gasteiger partial charge in [-0.1, -0.05) is 42.5 Å². The summed E-state index contributed by atoms with van der Waals surface area (Å²) in [5, 5.41) is 0. The van der Waals surface area contributed by atoms with E-state index >= 15 is 0 Å². The maximum Gasteiger partial charge on any atom is 0.338 e. The first-order chi connectivity index (χ1) is 17.4. The number of pyridine rings is 1. The quantitative estimate of drug-likeness (QED) is 0.255. The second-order valence-corrected chi connectivity index (χ2v) is 8.76. The molecule has 36 heavy (non-hydrogen) atoms. The SMILES string of the molecule is CC(C)OC(=O)c1ccc(-c2ccc(Cn3ccc4nc(-c5cccc(F)c5F)nc-4c3)cc2)cc1. The van der Waals surface area contributed by atoms with Crippen LogP contribution in [0.1, 0.15) is 29.8 Å². The van der Waals surface area contributed by atoms with Crippen molar-refractivity contribution in [1.29, 1.82) is 0 Å². The van der Waals surface area contributed by atoms with Gasteiger partial charge in [-0.3, -0.25) is 0 Å². The largest absolute Gasteiger partial charge is 0.459 e. The van der Waals surface area contributed by atoms with Crippen LogP contribution in [0.15, 0.2) is 85.2 Å². The summed E-state index contributed by atoms with van der Waals surface area (Å²) in [6.07, 6.45) is 3.56. The average molecular weight is 484 g/mol. The molecule has 2 aliphatic heterocycles. The van der Waals surface area contributed by atoms with Gasteiger partial charge in [0.05, 0.1) is 22.9 Å². The van der Waals surface area contributed by atoms with Crippen molar-refractivity contribution in [2.24, 2.45) is 0 Å². The number of aromatic nitrogens is 3. The Kier molecular flexibility index (Phi) is 6.29. The maximum absolute atomic E-state index is 14.2. The van der Waals surface area contributed by atoms with Gasteiger partial charge < -0.3 is 9.30 Å². The molecule has 0 spiro atoms. The predicted molar refractivity (Wildman–Crippen MR) is 134 cm³/mol. The second kappa shape index (κ2) is 9.70. The molecule has 0 amide bonds. The van der Waals surface area contributed by atoms with Crippen molar-refractivity contribution in [3.63, 3.8) is 0 Å². The van der Waals surface area contributed by atoms with E-state index in [4.69, 9.17) is 4.74 Å². The zero-order valence-electron chi connectivity index (χ0n) is 19.8. The van der Waals surface area contributed by atoms with Gasteiger partial charge in [0.1, 0.15) is 5.69 Å². The van der Waals surface area contributed by atoms with Gasteiger partial charge in [0, 0.05) is 18.9 Å². The summed E-state index contributed by atoms with van der Waals surface area (Å²) < 4.78 is 35.0. The first-order valence-corrected chi connectivity index (χ1v) is 11.6. The number of hydrogen-bond donors (Lipinski definition) is 0. The second-order valence-electron chi connectivity index (χ2n) is 8.76. The minimum Gasteiger partial charge on any atom is -0.459 e. The number of rotatable bonds is 6. The molecule has 5 nitrogen and oxygen atoms in total. The fraction of sp³-hybridized carbons (Fsp3) is 0.138. The molecule has 0 aromatic heterocycles. The molecule has 5 rings (SSSR count). The highest BCUT2D eigenvalue weighted by atomic mass is 19.2. The molecule has 0 saturated heterocycles. The maximum atomic E-state index is 14.2. The van der Waals surface area contributed by atoms with Gasteiger partial charge in [-0.25, -0.2) is 23.5 Å². The third-order valence-corrected chi connectivity index (χ3v) is 5.74. The van der Waals surface area contributed by atoms with Gasteiger partial charge >= 0.3 is 5.97 Å². The van der Waals surface area contributed by atoms with Gasteiger partial charge in [-0.15, -0.1) is 0 Å². The lowest BCUT2D eigenvalue weighted by atomic mass is 10.0. The summed E-state index contributed by atoms with van der Waals surface area (Å²) in [5.41, 5.74) is 4.89. The molecule has 7 heteroatoms. The molecule has 0 fully saturated rings. The van der Waals surface area contributed by atoms with Gasteiger partial charge in [-0.05, 0) is 60.9 Å². The van der Waals surface area contributed by atoms with Crippen LogP contribution in [-0.4, -0.2) is 26.6 Å². The Morgan fingerprint density at radius 1 is 0.889 bits per heavy atom. The van der Waals surface area contributed by atoms with Gasteiger partial charge in [0.15, 0.2) is 17.5 Å². The smallest absolute Gasteiger partial charge is 0.338 e. The minimum absolute atomic E-state index is 0.0400. The van der Waals surface area contributed by atoms with E-state index < -0.39 is 11.6 Å². The van der Waals surface area contributed by atoms with E-state index in [9.17, 15) is 13.6 Å². The Morgan fingerprint density at radius 3 is 2.25 bits per heavy atom. The van der Waals surface area contributed by atoms with Crippen LogP contribution in [-0.2, 0) is 11.3 Å². The van der Waals surface area contributed by atoms with E-state index in [-0.39, 0.29) is 23.5 Å². The lowest BCUT2D eigenvalue weighted by molar-refractivity contribution is 0.0378. The van der Waals surface area contributed by atoms with Crippen LogP contribution in [0.25, 0.3) is 33.9 Å². The number of fused-ring (bicyclic) bond motifs is 1. The van der Waals surface area contributed by atoms with Crippen molar-refractivity contribution in [2.75, 3.05) is 0 Å². The van der Waals surface area contributed by atoms with Crippen LogP contribution in [0.4, 0.5) is 8.78 Å². The van der Waals surface area contributed by atoms with Crippen LogP contribution in [0, 0.1) is 11.6 Å². The van der Waals surface area contributed by atoms with Crippen molar-refractivity contribution in [3.8, 4) is 33.9 Å². The highest BCUT2D eigenvalue weighted by molar-refractivity contribution is 5.90. The Hall–Kier alpha value is -4.39. The first kappa shape index (κ1) is 23.4. The summed E-state index contributed by atoms with van der Waals surface area (Å²) in [6.45, 7) is 4.25.